The van der Waals surface area contributed by atoms with Crippen molar-refractivity contribution in [1.29, 1.82) is 0 Å². The van der Waals surface area contributed by atoms with Crippen LogP contribution in [0.4, 0.5) is 0 Å². The summed E-state index contributed by atoms with van der Waals surface area (Å²) in [5.41, 5.74) is 0.461. The minimum absolute atomic E-state index is 0.0151. The Hall–Kier alpha value is -1.26. The van der Waals surface area contributed by atoms with Crippen molar-refractivity contribution in [3.63, 3.8) is 0 Å². The minimum Gasteiger partial charge on any atom is -0.484 e. The van der Waals surface area contributed by atoms with Crippen LogP contribution in [0.15, 0.2) is 18.2 Å². The lowest BCUT2D eigenvalue weighted by molar-refractivity contribution is -0.125. The van der Waals surface area contributed by atoms with Crippen LogP contribution in [-0.2, 0) is 4.79 Å². The molecule has 0 heterocycles. The third-order valence-electron chi connectivity index (χ3n) is 3.77. The molecule has 0 bridgehead atoms. The minimum atomic E-state index is -0.448. The first-order chi connectivity index (χ1) is 9.54. The normalized spacial score (nSPS) is 16.9. The summed E-state index contributed by atoms with van der Waals surface area (Å²) in [6.07, 6.45) is 3.74. The number of nitrogens with one attached hydrogen (secondary N) is 1. The molecule has 0 saturated heterocycles. The summed E-state index contributed by atoms with van der Waals surface area (Å²) in [5.74, 6) is 0.417. The Labute approximate surface area is 124 Å². The molecule has 1 fully saturated rings. The third kappa shape index (κ3) is 3.64. The van der Waals surface area contributed by atoms with E-state index in [0.717, 1.165) is 31.2 Å². The molecule has 1 aromatic carbocycles. The molecular weight excluding hydrogens is 278 g/mol. The maximum atomic E-state index is 11.9. The van der Waals surface area contributed by atoms with Gasteiger partial charge < -0.3 is 15.2 Å². The highest BCUT2D eigenvalue weighted by atomic mass is 35.5. The topological polar surface area (TPSA) is 58.6 Å². The molecule has 0 unspecified atom stereocenters. The fourth-order valence-electron chi connectivity index (χ4n) is 2.56. The number of benzene rings is 1. The molecule has 1 aromatic rings. The van der Waals surface area contributed by atoms with E-state index in [1.165, 1.54) is 0 Å². The number of ether oxygens (including phenoxy) is 1. The van der Waals surface area contributed by atoms with Crippen LogP contribution >= 0.6 is 11.6 Å². The molecule has 0 aliphatic heterocycles. The van der Waals surface area contributed by atoms with Crippen molar-refractivity contribution in [2.75, 3.05) is 13.2 Å². The van der Waals surface area contributed by atoms with Crippen LogP contribution in [0.2, 0.25) is 5.02 Å². The first-order valence-electron chi connectivity index (χ1n) is 6.85. The monoisotopic (exact) mass is 297 g/mol. The van der Waals surface area contributed by atoms with Crippen LogP contribution in [0, 0.1) is 6.92 Å². The number of aliphatic hydroxyl groups excluding tert-OH is 1. The predicted octanol–water partition coefficient (Wildman–Crippen LogP) is 2.45. The van der Waals surface area contributed by atoms with Gasteiger partial charge in [-0.1, -0.05) is 24.4 Å². The maximum absolute atomic E-state index is 11.9. The molecule has 1 aliphatic carbocycles. The second kappa shape index (κ2) is 6.46. The highest BCUT2D eigenvalue weighted by molar-refractivity contribution is 6.31. The van der Waals surface area contributed by atoms with Gasteiger partial charge in [-0.15, -0.1) is 0 Å². The second-order valence-corrected chi connectivity index (χ2v) is 5.80. The smallest absolute Gasteiger partial charge is 0.258 e. The molecule has 1 amide bonds. The molecule has 0 radical (unpaired) electrons. The van der Waals surface area contributed by atoms with E-state index in [-0.39, 0.29) is 19.1 Å². The summed E-state index contributed by atoms with van der Waals surface area (Å²) in [4.78, 5) is 11.9. The Morgan fingerprint density at radius 1 is 1.45 bits per heavy atom. The number of rotatable bonds is 5. The highest BCUT2D eigenvalue weighted by Gasteiger charge is 2.34. The van der Waals surface area contributed by atoms with Crippen molar-refractivity contribution in [2.45, 2.75) is 38.1 Å². The van der Waals surface area contributed by atoms with Gasteiger partial charge in [0.2, 0.25) is 0 Å². The summed E-state index contributed by atoms with van der Waals surface area (Å²) >= 11 is 5.93. The van der Waals surface area contributed by atoms with Gasteiger partial charge >= 0.3 is 0 Å². The molecule has 1 aliphatic rings. The van der Waals surface area contributed by atoms with Gasteiger partial charge in [0.25, 0.3) is 5.91 Å². The molecular formula is C15H20ClNO3. The molecule has 4 nitrogen and oxygen atoms in total. The van der Waals surface area contributed by atoms with Crippen LogP contribution in [0.5, 0.6) is 5.75 Å². The molecule has 110 valence electrons. The fraction of sp³-hybridized carbons (Fsp3) is 0.533. The molecule has 1 saturated carbocycles. The number of carbonyl (C=O) groups excluding carboxylic acids is 1. The zero-order chi connectivity index (χ0) is 14.6. The van der Waals surface area contributed by atoms with Gasteiger partial charge in [-0.3, -0.25) is 4.79 Å². The van der Waals surface area contributed by atoms with E-state index in [0.29, 0.717) is 10.8 Å². The number of hydrogen-bond acceptors (Lipinski definition) is 3. The largest absolute Gasteiger partial charge is 0.484 e. The van der Waals surface area contributed by atoms with E-state index < -0.39 is 5.54 Å². The number of amides is 1. The quantitative estimate of drug-likeness (QED) is 0.878. The maximum Gasteiger partial charge on any atom is 0.258 e. The average molecular weight is 298 g/mol. The molecule has 0 aromatic heterocycles. The molecule has 2 N–H and O–H groups in total. The van der Waals surface area contributed by atoms with Gasteiger partial charge in [0.15, 0.2) is 6.61 Å². The molecule has 5 heteroatoms. The lowest BCUT2D eigenvalue weighted by atomic mass is 9.99. The summed E-state index contributed by atoms with van der Waals surface area (Å²) < 4.78 is 5.45. The number of aryl methyl sites for hydroxylation is 1. The van der Waals surface area contributed by atoms with E-state index in [1.807, 2.05) is 6.92 Å². The second-order valence-electron chi connectivity index (χ2n) is 5.39. The van der Waals surface area contributed by atoms with Crippen molar-refractivity contribution < 1.29 is 14.6 Å². The van der Waals surface area contributed by atoms with Crippen LogP contribution in [-0.4, -0.2) is 29.8 Å². The molecule has 20 heavy (non-hydrogen) atoms. The number of aliphatic hydroxyl groups is 1. The van der Waals surface area contributed by atoms with Crippen LogP contribution in [0.25, 0.3) is 0 Å². The highest BCUT2D eigenvalue weighted by Crippen LogP contribution is 2.29. The zero-order valence-electron chi connectivity index (χ0n) is 11.6. The fourth-order valence-corrected chi connectivity index (χ4v) is 2.68. The van der Waals surface area contributed by atoms with Gasteiger partial charge in [-0.2, -0.15) is 0 Å². The van der Waals surface area contributed by atoms with E-state index in [2.05, 4.69) is 5.32 Å². The SMILES string of the molecule is Cc1cc(OCC(=O)NC2(CO)CCCC2)ccc1Cl. The third-order valence-corrected chi connectivity index (χ3v) is 4.19. The van der Waals surface area contributed by atoms with E-state index >= 15 is 0 Å². The van der Waals surface area contributed by atoms with E-state index in [9.17, 15) is 9.90 Å². The van der Waals surface area contributed by atoms with E-state index in [1.54, 1.807) is 18.2 Å². The zero-order valence-corrected chi connectivity index (χ0v) is 12.4. The Morgan fingerprint density at radius 2 is 2.15 bits per heavy atom. The predicted molar refractivity (Wildman–Crippen MR) is 78.1 cm³/mol. The molecule has 2 rings (SSSR count). The summed E-state index contributed by atoms with van der Waals surface area (Å²) in [6.45, 7) is 1.82. The lowest BCUT2D eigenvalue weighted by Crippen LogP contribution is -2.50. The van der Waals surface area contributed by atoms with E-state index in [4.69, 9.17) is 16.3 Å². The Balaban J connectivity index is 1.87. The van der Waals surface area contributed by atoms with Crippen LogP contribution < -0.4 is 10.1 Å². The van der Waals surface area contributed by atoms with Gasteiger partial charge in [-0.25, -0.2) is 0 Å². The number of hydrogen-bond donors (Lipinski definition) is 2. The summed E-state index contributed by atoms with van der Waals surface area (Å²) in [5, 5.41) is 13.0. The average Bonchev–Trinajstić information content (AvgIpc) is 2.89. The Bertz CT molecular complexity index is 484. The van der Waals surface area contributed by atoms with Crippen molar-refractivity contribution in [1.82, 2.24) is 5.32 Å². The molecule has 0 atom stereocenters. The van der Waals surface area contributed by atoms with Crippen molar-refractivity contribution in [3.8, 4) is 5.75 Å². The first-order valence-corrected chi connectivity index (χ1v) is 7.23. The summed E-state index contributed by atoms with van der Waals surface area (Å²) in [6, 6.07) is 5.28. The van der Waals surface area contributed by atoms with Crippen LogP contribution in [0.3, 0.4) is 0 Å². The Kier molecular flexibility index (Phi) is 4.89. The Morgan fingerprint density at radius 3 is 2.75 bits per heavy atom. The molecule has 0 spiro atoms. The van der Waals surface area contributed by atoms with Gasteiger partial charge in [0.05, 0.1) is 12.1 Å². The number of halogens is 1. The number of carbonyl (C=O) groups is 1. The first kappa shape index (κ1) is 15.1. The van der Waals surface area contributed by atoms with Gasteiger partial charge in [0.1, 0.15) is 5.75 Å². The van der Waals surface area contributed by atoms with Gasteiger partial charge in [-0.05, 0) is 43.5 Å². The van der Waals surface area contributed by atoms with Crippen molar-refractivity contribution >= 4 is 17.5 Å². The van der Waals surface area contributed by atoms with Gasteiger partial charge in [0, 0.05) is 5.02 Å². The lowest BCUT2D eigenvalue weighted by Gasteiger charge is -2.27. The summed E-state index contributed by atoms with van der Waals surface area (Å²) in [7, 11) is 0. The standard InChI is InChI=1S/C15H20ClNO3/c1-11-8-12(4-5-13(11)16)20-9-14(19)17-15(10-18)6-2-3-7-15/h4-5,8,18H,2-3,6-7,9-10H2,1H3,(H,17,19). The van der Waals surface area contributed by atoms with Crippen molar-refractivity contribution in [3.05, 3.63) is 28.8 Å². The van der Waals surface area contributed by atoms with Crippen LogP contribution in [0.1, 0.15) is 31.2 Å². The van der Waals surface area contributed by atoms with Crippen molar-refractivity contribution in [2.24, 2.45) is 0 Å².